The first-order valence-corrected chi connectivity index (χ1v) is 5.01. The van der Waals surface area contributed by atoms with Crippen molar-refractivity contribution in [3.63, 3.8) is 0 Å². The largest absolute Gasteiger partial charge is 0.251 e. The topological polar surface area (TPSA) is 28.2 Å². The minimum absolute atomic E-state index is 0.762. The average molecular weight is 201 g/mol. The molecule has 3 nitrogen and oxygen atoms in total. The standard InChI is InChI=1S/C12H15N3/c1-15(2)13-9-11-8-7-10-5-3-4-6-12(10)14-11/h3-8,13H,9H2,1-2H3. The van der Waals surface area contributed by atoms with Gasteiger partial charge in [0.05, 0.1) is 17.8 Å². The van der Waals surface area contributed by atoms with Crippen LogP contribution in [0, 0.1) is 0 Å². The van der Waals surface area contributed by atoms with Crippen LogP contribution >= 0.6 is 0 Å². The molecule has 0 aliphatic carbocycles. The maximum atomic E-state index is 4.56. The van der Waals surface area contributed by atoms with Gasteiger partial charge in [-0.15, -0.1) is 0 Å². The Labute approximate surface area is 89.7 Å². The van der Waals surface area contributed by atoms with Crippen molar-refractivity contribution in [3.05, 3.63) is 42.1 Å². The molecule has 1 heterocycles. The Morgan fingerprint density at radius 3 is 2.73 bits per heavy atom. The maximum absolute atomic E-state index is 4.56. The molecule has 78 valence electrons. The van der Waals surface area contributed by atoms with E-state index in [1.54, 1.807) is 0 Å². The highest BCUT2D eigenvalue weighted by Crippen LogP contribution is 2.11. The van der Waals surface area contributed by atoms with Gasteiger partial charge in [0.25, 0.3) is 0 Å². The van der Waals surface area contributed by atoms with E-state index >= 15 is 0 Å². The van der Waals surface area contributed by atoms with Crippen molar-refractivity contribution in [3.8, 4) is 0 Å². The van der Waals surface area contributed by atoms with E-state index in [1.165, 1.54) is 5.39 Å². The first kappa shape index (κ1) is 10.1. The number of hydrazine groups is 1. The van der Waals surface area contributed by atoms with Crippen LogP contribution in [0.2, 0.25) is 0 Å². The summed E-state index contributed by atoms with van der Waals surface area (Å²) in [5.74, 6) is 0. The summed E-state index contributed by atoms with van der Waals surface area (Å²) >= 11 is 0. The van der Waals surface area contributed by atoms with Crippen molar-refractivity contribution in [1.82, 2.24) is 15.4 Å². The summed E-state index contributed by atoms with van der Waals surface area (Å²) in [6, 6.07) is 12.3. The molecule has 1 N–H and O–H groups in total. The molecule has 0 saturated carbocycles. The molecule has 0 aliphatic heterocycles. The van der Waals surface area contributed by atoms with Crippen molar-refractivity contribution < 1.29 is 0 Å². The summed E-state index contributed by atoms with van der Waals surface area (Å²) in [7, 11) is 3.95. The molecular weight excluding hydrogens is 186 g/mol. The van der Waals surface area contributed by atoms with E-state index in [0.717, 1.165) is 17.8 Å². The number of fused-ring (bicyclic) bond motifs is 1. The fourth-order valence-corrected chi connectivity index (χ4v) is 1.45. The van der Waals surface area contributed by atoms with E-state index in [0.29, 0.717) is 0 Å². The molecular formula is C12H15N3. The summed E-state index contributed by atoms with van der Waals surface area (Å²) < 4.78 is 0. The molecule has 2 rings (SSSR count). The highest BCUT2D eigenvalue weighted by molar-refractivity contribution is 5.78. The highest BCUT2D eigenvalue weighted by Gasteiger charge is 1.97. The van der Waals surface area contributed by atoms with Gasteiger partial charge in [0.2, 0.25) is 0 Å². The number of nitrogens with zero attached hydrogens (tertiary/aromatic N) is 2. The minimum atomic E-state index is 0.762. The average Bonchev–Trinajstić information content (AvgIpc) is 2.26. The molecule has 0 bridgehead atoms. The van der Waals surface area contributed by atoms with Gasteiger partial charge in [-0.1, -0.05) is 24.3 Å². The number of nitrogens with one attached hydrogen (secondary N) is 1. The van der Waals surface area contributed by atoms with Crippen molar-refractivity contribution in [2.24, 2.45) is 0 Å². The van der Waals surface area contributed by atoms with Crippen molar-refractivity contribution in [1.29, 1.82) is 0 Å². The Morgan fingerprint density at radius 2 is 1.93 bits per heavy atom. The molecule has 3 heteroatoms. The van der Waals surface area contributed by atoms with E-state index in [-0.39, 0.29) is 0 Å². The molecule has 0 saturated heterocycles. The quantitative estimate of drug-likeness (QED) is 0.767. The highest BCUT2D eigenvalue weighted by atomic mass is 15.5. The molecule has 0 fully saturated rings. The van der Waals surface area contributed by atoms with Gasteiger partial charge < -0.3 is 0 Å². The van der Waals surface area contributed by atoms with Gasteiger partial charge in [0.1, 0.15) is 0 Å². The monoisotopic (exact) mass is 201 g/mol. The summed E-state index contributed by atoms with van der Waals surface area (Å²) in [5, 5.41) is 3.11. The Kier molecular flexibility index (Phi) is 2.94. The van der Waals surface area contributed by atoms with E-state index in [2.05, 4.69) is 28.6 Å². The lowest BCUT2D eigenvalue weighted by molar-refractivity contribution is 0.284. The third-order valence-electron chi connectivity index (χ3n) is 2.23. The molecule has 0 atom stereocenters. The van der Waals surface area contributed by atoms with Crippen LogP contribution in [0.3, 0.4) is 0 Å². The number of para-hydroxylation sites is 1. The predicted molar refractivity (Wildman–Crippen MR) is 62.3 cm³/mol. The SMILES string of the molecule is CN(C)NCc1ccc2ccccc2n1. The lowest BCUT2D eigenvalue weighted by Gasteiger charge is -2.11. The zero-order valence-electron chi connectivity index (χ0n) is 9.07. The molecule has 0 spiro atoms. The molecule has 1 aromatic carbocycles. The zero-order chi connectivity index (χ0) is 10.7. The first-order chi connectivity index (χ1) is 7.25. The van der Waals surface area contributed by atoms with E-state index in [9.17, 15) is 0 Å². The minimum Gasteiger partial charge on any atom is -0.251 e. The first-order valence-electron chi connectivity index (χ1n) is 5.01. The Bertz CT molecular complexity index is 451. The molecule has 2 aromatic rings. The van der Waals surface area contributed by atoms with Gasteiger partial charge in [0, 0.05) is 19.5 Å². The second-order valence-electron chi connectivity index (χ2n) is 3.72. The predicted octanol–water partition coefficient (Wildman–Crippen LogP) is 1.80. The van der Waals surface area contributed by atoms with E-state index < -0.39 is 0 Å². The van der Waals surface area contributed by atoms with E-state index in [4.69, 9.17) is 0 Å². The summed E-state index contributed by atoms with van der Waals surface area (Å²) in [5.41, 5.74) is 5.31. The van der Waals surface area contributed by atoms with Gasteiger partial charge in [-0.3, -0.25) is 9.99 Å². The van der Waals surface area contributed by atoms with Crippen LogP contribution in [0.25, 0.3) is 10.9 Å². The number of hydrogen-bond donors (Lipinski definition) is 1. The number of pyridine rings is 1. The lowest BCUT2D eigenvalue weighted by atomic mass is 10.2. The van der Waals surface area contributed by atoms with Crippen LogP contribution < -0.4 is 5.43 Å². The van der Waals surface area contributed by atoms with Gasteiger partial charge in [0.15, 0.2) is 0 Å². The van der Waals surface area contributed by atoms with Crippen LogP contribution in [-0.4, -0.2) is 24.1 Å². The number of hydrogen-bond acceptors (Lipinski definition) is 3. The molecule has 0 aliphatic rings. The van der Waals surface area contributed by atoms with Crippen LogP contribution in [0.4, 0.5) is 0 Å². The fourth-order valence-electron chi connectivity index (χ4n) is 1.45. The van der Waals surface area contributed by atoms with Crippen molar-refractivity contribution in [2.75, 3.05) is 14.1 Å². The third kappa shape index (κ3) is 2.52. The smallest absolute Gasteiger partial charge is 0.0705 e. The number of benzene rings is 1. The summed E-state index contributed by atoms with van der Waals surface area (Å²) in [6.07, 6.45) is 0. The van der Waals surface area contributed by atoms with Crippen molar-refractivity contribution in [2.45, 2.75) is 6.54 Å². The zero-order valence-corrected chi connectivity index (χ0v) is 9.07. The van der Waals surface area contributed by atoms with E-state index in [1.807, 2.05) is 37.3 Å². The summed E-state index contributed by atoms with van der Waals surface area (Å²) in [6.45, 7) is 0.762. The summed E-state index contributed by atoms with van der Waals surface area (Å²) in [4.78, 5) is 4.56. The molecule has 0 amide bonds. The Hall–Kier alpha value is -1.45. The van der Waals surface area contributed by atoms with Gasteiger partial charge in [-0.2, -0.15) is 0 Å². The molecule has 15 heavy (non-hydrogen) atoms. The second kappa shape index (κ2) is 4.38. The van der Waals surface area contributed by atoms with Gasteiger partial charge >= 0.3 is 0 Å². The van der Waals surface area contributed by atoms with Crippen LogP contribution in [0.1, 0.15) is 5.69 Å². The maximum Gasteiger partial charge on any atom is 0.0705 e. The molecule has 1 aromatic heterocycles. The second-order valence-corrected chi connectivity index (χ2v) is 3.72. The number of rotatable bonds is 3. The van der Waals surface area contributed by atoms with Crippen LogP contribution in [-0.2, 0) is 6.54 Å². The third-order valence-corrected chi connectivity index (χ3v) is 2.23. The Balaban J connectivity index is 2.23. The number of aromatic nitrogens is 1. The Morgan fingerprint density at radius 1 is 1.13 bits per heavy atom. The van der Waals surface area contributed by atoms with Crippen molar-refractivity contribution >= 4 is 10.9 Å². The van der Waals surface area contributed by atoms with Gasteiger partial charge in [-0.25, -0.2) is 5.43 Å². The molecule has 0 radical (unpaired) electrons. The lowest BCUT2D eigenvalue weighted by Crippen LogP contribution is -2.29. The molecule has 0 unspecified atom stereocenters. The van der Waals surface area contributed by atoms with Crippen LogP contribution in [0.15, 0.2) is 36.4 Å². The fraction of sp³-hybridized carbons (Fsp3) is 0.250. The van der Waals surface area contributed by atoms with Gasteiger partial charge in [-0.05, 0) is 12.1 Å². The normalized spacial score (nSPS) is 11.1. The van der Waals surface area contributed by atoms with Crippen LogP contribution in [0.5, 0.6) is 0 Å².